The number of hydrogen-bond acceptors (Lipinski definition) is 5. The number of nitrogens with zero attached hydrogens (tertiary/aromatic N) is 1. The minimum atomic E-state index is -0.354. The first kappa shape index (κ1) is 17.2. The zero-order chi connectivity index (χ0) is 17.6. The Bertz CT molecular complexity index is 860. The van der Waals surface area contributed by atoms with Crippen molar-refractivity contribution in [1.29, 1.82) is 0 Å². The second kappa shape index (κ2) is 7.96. The Balaban J connectivity index is 1.45. The molecule has 0 unspecified atom stereocenters. The Morgan fingerprint density at radius 2 is 1.80 bits per heavy atom. The molecule has 3 rings (SSSR count). The molecule has 2 N–H and O–H groups in total. The van der Waals surface area contributed by atoms with Crippen LogP contribution in [-0.2, 0) is 0 Å². The third-order valence-corrected chi connectivity index (χ3v) is 4.45. The first-order chi connectivity index (χ1) is 12.1. The molecule has 0 saturated heterocycles. The average molecular weight is 376 g/mol. The summed E-state index contributed by atoms with van der Waals surface area (Å²) in [6.45, 7) is 0.572. The molecule has 0 aliphatic carbocycles. The average Bonchev–Trinajstić information content (AvgIpc) is 3.29. The largest absolute Gasteiger partial charge is 0.355 e. The number of rotatable bonds is 6. The van der Waals surface area contributed by atoms with Gasteiger partial charge in [-0.15, -0.1) is 11.3 Å². The summed E-state index contributed by atoms with van der Waals surface area (Å²) in [4.78, 5) is 24.8. The summed E-state index contributed by atoms with van der Waals surface area (Å²) in [7, 11) is 0. The molecule has 0 fully saturated rings. The highest BCUT2D eigenvalue weighted by atomic mass is 35.5. The van der Waals surface area contributed by atoms with Crippen LogP contribution in [0.1, 0.15) is 20.8 Å². The number of carbonyl (C=O) groups is 2. The Kier molecular flexibility index (Phi) is 5.47. The summed E-state index contributed by atoms with van der Waals surface area (Å²) >= 11 is 7.28. The van der Waals surface area contributed by atoms with E-state index in [-0.39, 0.29) is 24.1 Å². The van der Waals surface area contributed by atoms with Crippen LogP contribution in [0, 0.1) is 0 Å². The molecule has 2 aromatic heterocycles. The normalized spacial score (nSPS) is 10.4. The van der Waals surface area contributed by atoms with Crippen molar-refractivity contribution in [3.63, 3.8) is 0 Å². The van der Waals surface area contributed by atoms with Crippen molar-refractivity contribution >= 4 is 34.8 Å². The summed E-state index contributed by atoms with van der Waals surface area (Å²) in [6, 6.07) is 11.9. The predicted molar refractivity (Wildman–Crippen MR) is 95.9 cm³/mol. The third-order valence-electron chi connectivity index (χ3n) is 3.31. The number of carbonyl (C=O) groups excluding carboxylic acids is 2. The van der Waals surface area contributed by atoms with E-state index in [1.807, 2.05) is 17.5 Å². The van der Waals surface area contributed by atoms with Gasteiger partial charge in [0.25, 0.3) is 11.8 Å². The van der Waals surface area contributed by atoms with Crippen LogP contribution in [0.3, 0.4) is 0 Å². The number of nitrogens with one attached hydrogen (secondary N) is 2. The van der Waals surface area contributed by atoms with E-state index in [0.29, 0.717) is 22.9 Å². The van der Waals surface area contributed by atoms with Gasteiger partial charge in [0.1, 0.15) is 0 Å². The Morgan fingerprint density at radius 1 is 1.08 bits per heavy atom. The molecular formula is C17H14ClN3O3S. The quantitative estimate of drug-likeness (QED) is 0.648. The molecule has 25 heavy (non-hydrogen) atoms. The minimum absolute atomic E-state index is 0.201. The van der Waals surface area contributed by atoms with Gasteiger partial charge in [-0.05, 0) is 35.7 Å². The minimum Gasteiger partial charge on any atom is -0.355 e. The smallest absolute Gasteiger partial charge is 0.273 e. The summed E-state index contributed by atoms with van der Waals surface area (Å²) in [6.07, 6.45) is 0. The SMILES string of the molecule is O=C(NCCNC(=O)c1cc(-c2cccs2)on1)c1ccc(Cl)cc1. The van der Waals surface area contributed by atoms with Gasteiger partial charge < -0.3 is 15.2 Å². The van der Waals surface area contributed by atoms with Crippen LogP contribution in [0.5, 0.6) is 0 Å². The van der Waals surface area contributed by atoms with E-state index in [1.165, 1.54) is 11.3 Å². The van der Waals surface area contributed by atoms with E-state index in [4.69, 9.17) is 16.1 Å². The van der Waals surface area contributed by atoms with Gasteiger partial charge in [0.05, 0.1) is 4.88 Å². The molecule has 0 aliphatic rings. The van der Waals surface area contributed by atoms with Crippen LogP contribution in [0.15, 0.2) is 52.4 Å². The molecule has 0 radical (unpaired) electrons. The van der Waals surface area contributed by atoms with E-state index < -0.39 is 0 Å². The molecule has 0 bridgehead atoms. The molecule has 2 amide bonds. The molecule has 1 aromatic carbocycles. The van der Waals surface area contributed by atoms with Gasteiger partial charge in [-0.25, -0.2) is 0 Å². The van der Waals surface area contributed by atoms with Crippen LogP contribution in [-0.4, -0.2) is 30.1 Å². The fourth-order valence-corrected chi connectivity index (χ4v) is 2.86. The molecule has 3 aromatic rings. The Hall–Kier alpha value is -2.64. The Morgan fingerprint density at radius 3 is 2.48 bits per heavy atom. The van der Waals surface area contributed by atoms with Gasteiger partial charge in [0.15, 0.2) is 11.5 Å². The van der Waals surface area contributed by atoms with E-state index in [1.54, 1.807) is 30.3 Å². The summed E-state index contributed by atoms with van der Waals surface area (Å²) < 4.78 is 5.16. The van der Waals surface area contributed by atoms with Crippen LogP contribution in [0.4, 0.5) is 0 Å². The number of thiophene rings is 1. The maximum Gasteiger partial charge on any atom is 0.273 e. The molecular weight excluding hydrogens is 362 g/mol. The second-order valence-electron chi connectivity index (χ2n) is 5.07. The lowest BCUT2D eigenvalue weighted by molar-refractivity contribution is 0.0922. The number of amides is 2. The molecule has 0 saturated carbocycles. The maximum atomic E-state index is 12.0. The number of halogens is 1. The second-order valence-corrected chi connectivity index (χ2v) is 6.46. The first-order valence-corrected chi connectivity index (χ1v) is 8.72. The van der Waals surface area contributed by atoms with Crippen molar-refractivity contribution in [2.24, 2.45) is 0 Å². The van der Waals surface area contributed by atoms with Gasteiger partial charge in [-0.2, -0.15) is 0 Å². The fourth-order valence-electron chi connectivity index (χ4n) is 2.06. The monoisotopic (exact) mass is 375 g/mol. The standard InChI is InChI=1S/C17H14ClN3O3S/c18-12-5-3-11(4-6-12)16(22)19-7-8-20-17(23)13-10-14(24-21-13)15-2-1-9-25-15/h1-6,9-10H,7-8H2,(H,19,22)(H,20,23). The number of benzene rings is 1. The summed E-state index contributed by atoms with van der Waals surface area (Å²) in [5.41, 5.74) is 0.709. The first-order valence-electron chi connectivity index (χ1n) is 7.46. The zero-order valence-electron chi connectivity index (χ0n) is 13.0. The van der Waals surface area contributed by atoms with Gasteiger partial charge in [-0.1, -0.05) is 22.8 Å². The van der Waals surface area contributed by atoms with Gasteiger partial charge in [-0.3, -0.25) is 9.59 Å². The van der Waals surface area contributed by atoms with Crippen LogP contribution in [0.2, 0.25) is 5.02 Å². The lowest BCUT2D eigenvalue weighted by Crippen LogP contribution is -2.34. The molecule has 2 heterocycles. The predicted octanol–water partition coefficient (Wildman–Crippen LogP) is 3.22. The molecule has 128 valence electrons. The Labute approximate surface area is 152 Å². The fraction of sp³-hybridized carbons (Fsp3) is 0.118. The van der Waals surface area contributed by atoms with Crippen LogP contribution >= 0.6 is 22.9 Å². The summed E-state index contributed by atoms with van der Waals surface area (Å²) in [5, 5.41) is 11.6. The number of hydrogen-bond donors (Lipinski definition) is 2. The highest BCUT2D eigenvalue weighted by Crippen LogP contribution is 2.24. The maximum absolute atomic E-state index is 12.0. The van der Waals surface area contributed by atoms with Crippen molar-refractivity contribution in [1.82, 2.24) is 15.8 Å². The molecule has 0 atom stereocenters. The molecule has 0 aliphatic heterocycles. The highest BCUT2D eigenvalue weighted by molar-refractivity contribution is 7.13. The van der Waals surface area contributed by atoms with Crippen molar-refractivity contribution in [3.8, 4) is 10.6 Å². The summed E-state index contributed by atoms with van der Waals surface area (Å²) in [5.74, 6) is -0.0316. The van der Waals surface area contributed by atoms with E-state index in [2.05, 4.69) is 15.8 Å². The molecule has 0 spiro atoms. The molecule has 6 nitrogen and oxygen atoms in total. The van der Waals surface area contributed by atoms with Crippen molar-refractivity contribution in [2.45, 2.75) is 0 Å². The van der Waals surface area contributed by atoms with Crippen molar-refractivity contribution in [3.05, 3.63) is 64.1 Å². The number of aromatic nitrogens is 1. The van der Waals surface area contributed by atoms with Crippen molar-refractivity contribution in [2.75, 3.05) is 13.1 Å². The highest BCUT2D eigenvalue weighted by Gasteiger charge is 2.14. The lowest BCUT2D eigenvalue weighted by atomic mass is 10.2. The third kappa shape index (κ3) is 4.46. The molecule has 8 heteroatoms. The van der Waals surface area contributed by atoms with E-state index >= 15 is 0 Å². The zero-order valence-corrected chi connectivity index (χ0v) is 14.6. The van der Waals surface area contributed by atoms with Gasteiger partial charge >= 0.3 is 0 Å². The van der Waals surface area contributed by atoms with Gasteiger partial charge in [0.2, 0.25) is 0 Å². The van der Waals surface area contributed by atoms with E-state index in [0.717, 1.165) is 4.88 Å². The lowest BCUT2D eigenvalue weighted by Gasteiger charge is -2.06. The van der Waals surface area contributed by atoms with Gasteiger partial charge in [0, 0.05) is 29.7 Å². The topological polar surface area (TPSA) is 84.2 Å². The van der Waals surface area contributed by atoms with Crippen LogP contribution in [0.25, 0.3) is 10.6 Å². The van der Waals surface area contributed by atoms with Crippen LogP contribution < -0.4 is 10.6 Å². The van der Waals surface area contributed by atoms with Crippen molar-refractivity contribution < 1.29 is 14.1 Å². The van der Waals surface area contributed by atoms with E-state index in [9.17, 15) is 9.59 Å².